The third-order valence-corrected chi connectivity index (χ3v) is 2.54. The summed E-state index contributed by atoms with van der Waals surface area (Å²) < 4.78 is 0. The van der Waals surface area contributed by atoms with E-state index in [9.17, 15) is 0 Å². The molecule has 2 nitrogen and oxygen atoms in total. The Hall–Kier alpha value is -0.890. The van der Waals surface area contributed by atoms with Gasteiger partial charge in [-0.2, -0.15) is 0 Å². The van der Waals surface area contributed by atoms with E-state index in [0.717, 1.165) is 13.0 Å². The van der Waals surface area contributed by atoms with Crippen molar-refractivity contribution in [2.24, 2.45) is 5.41 Å². The Morgan fingerprint density at radius 3 is 2.62 bits per heavy atom. The Bertz CT molecular complexity index is 287. The second-order valence-corrected chi connectivity index (χ2v) is 5.56. The van der Waals surface area contributed by atoms with Gasteiger partial charge in [0.15, 0.2) is 0 Å². The summed E-state index contributed by atoms with van der Waals surface area (Å²) >= 11 is 0. The molecular weight excluding hydrogens is 196 g/mol. The zero-order chi connectivity index (χ0) is 12.0. The molecule has 0 amide bonds. The van der Waals surface area contributed by atoms with Gasteiger partial charge < -0.3 is 5.32 Å². The third kappa shape index (κ3) is 4.75. The van der Waals surface area contributed by atoms with Crippen molar-refractivity contribution in [3.05, 3.63) is 30.1 Å². The van der Waals surface area contributed by atoms with Crippen LogP contribution in [0, 0.1) is 5.41 Å². The number of nitrogens with one attached hydrogen (secondary N) is 1. The summed E-state index contributed by atoms with van der Waals surface area (Å²) in [5, 5.41) is 3.60. The molecular formula is C14H24N2. The maximum absolute atomic E-state index is 4.20. The average molecular weight is 220 g/mol. The quantitative estimate of drug-likeness (QED) is 0.820. The first kappa shape index (κ1) is 13.2. The summed E-state index contributed by atoms with van der Waals surface area (Å²) in [6.45, 7) is 10.1. The van der Waals surface area contributed by atoms with Crippen molar-refractivity contribution in [1.29, 1.82) is 0 Å². The Balaban J connectivity index is 2.71. The lowest BCUT2D eigenvalue weighted by Crippen LogP contribution is -2.26. The molecule has 0 radical (unpaired) electrons. The monoisotopic (exact) mass is 220 g/mol. The van der Waals surface area contributed by atoms with E-state index in [0.29, 0.717) is 11.5 Å². The average Bonchev–Trinajstić information content (AvgIpc) is 2.24. The predicted molar refractivity (Wildman–Crippen MR) is 69.3 cm³/mol. The molecule has 16 heavy (non-hydrogen) atoms. The molecule has 0 aliphatic heterocycles. The van der Waals surface area contributed by atoms with Gasteiger partial charge >= 0.3 is 0 Å². The van der Waals surface area contributed by atoms with Crippen LogP contribution in [0.1, 0.15) is 52.1 Å². The van der Waals surface area contributed by atoms with E-state index in [1.807, 2.05) is 18.5 Å². The van der Waals surface area contributed by atoms with Crippen LogP contribution in [-0.4, -0.2) is 11.5 Å². The number of nitrogens with zero attached hydrogens (tertiary/aromatic N) is 1. The van der Waals surface area contributed by atoms with Gasteiger partial charge in [0, 0.05) is 18.4 Å². The highest BCUT2D eigenvalue weighted by atomic mass is 14.9. The van der Waals surface area contributed by atoms with E-state index in [2.05, 4.69) is 44.1 Å². The Kier molecular flexibility index (Phi) is 4.94. The number of aromatic nitrogens is 1. The van der Waals surface area contributed by atoms with Crippen LogP contribution in [0.5, 0.6) is 0 Å². The van der Waals surface area contributed by atoms with E-state index in [-0.39, 0.29) is 0 Å². The molecule has 0 fully saturated rings. The first-order chi connectivity index (χ1) is 7.53. The Labute approximate surface area is 99.5 Å². The van der Waals surface area contributed by atoms with E-state index in [1.54, 1.807) is 0 Å². The summed E-state index contributed by atoms with van der Waals surface area (Å²) in [6, 6.07) is 4.60. The van der Waals surface area contributed by atoms with Crippen molar-refractivity contribution in [3.63, 3.8) is 0 Å². The highest BCUT2D eigenvalue weighted by molar-refractivity contribution is 5.14. The molecule has 0 aromatic carbocycles. The Morgan fingerprint density at radius 1 is 1.38 bits per heavy atom. The van der Waals surface area contributed by atoms with Crippen LogP contribution in [-0.2, 0) is 0 Å². The minimum absolute atomic E-state index is 0.335. The number of rotatable bonds is 5. The molecule has 0 aliphatic rings. The van der Waals surface area contributed by atoms with Gasteiger partial charge in [-0.3, -0.25) is 4.98 Å². The molecule has 1 heterocycles. The van der Waals surface area contributed by atoms with Gasteiger partial charge in [-0.25, -0.2) is 0 Å². The SMILES string of the molecule is CCCNC(CC(C)(C)C)c1cccnc1. The van der Waals surface area contributed by atoms with Gasteiger partial charge in [0.25, 0.3) is 0 Å². The number of hydrogen-bond acceptors (Lipinski definition) is 2. The minimum Gasteiger partial charge on any atom is -0.310 e. The molecule has 2 heteroatoms. The normalized spacial score (nSPS) is 13.8. The summed E-state index contributed by atoms with van der Waals surface area (Å²) in [7, 11) is 0. The number of pyridine rings is 1. The van der Waals surface area contributed by atoms with Crippen molar-refractivity contribution < 1.29 is 0 Å². The summed E-state index contributed by atoms with van der Waals surface area (Å²) in [5.74, 6) is 0. The minimum atomic E-state index is 0.335. The second kappa shape index (κ2) is 6.00. The van der Waals surface area contributed by atoms with Crippen molar-refractivity contribution in [3.8, 4) is 0 Å². The van der Waals surface area contributed by atoms with Crippen LogP contribution in [0.2, 0.25) is 0 Å². The molecule has 90 valence electrons. The lowest BCUT2D eigenvalue weighted by atomic mass is 9.86. The Morgan fingerprint density at radius 2 is 2.12 bits per heavy atom. The predicted octanol–water partition coefficient (Wildman–Crippen LogP) is 3.56. The molecule has 0 bridgehead atoms. The first-order valence-corrected chi connectivity index (χ1v) is 6.16. The third-order valence-electron chi connectivity index (χ3n) is 2.54. The van der Waals surface area contributed by atoms with Gasteiger partial charge in [-0.05, 0) is 36.4 Å². The van der Waals surface area contributed by atoms with E-state index < -0.39 is 0 Å². The van der Waals surface area contributed by atoms with Crippen molar-refractivity contribution in [2.45, 2.75) is 46.6 Å². The van der Waals surface area contributed by atoms with Gasteiger partial charge in [0.05, 0.1) is 0 Å². The molecule has 1 aromatic heterocycles. The van der Waals surface area contributed by atoms with Crippen molar-refractivity contribution >= 4 is 0 Å². The summed E-state index contributed by atoms with van der Waals surface area (Å²) in [6.07, 6.45) is 6.11. The second-order valence-electron chi connectivity index (χ2n) is 5.56. The molecule has 1 rings (SSSR count). The summed E-state index contributed by atoms with van der Waals surface area (Å²) in [5.41, 5.74) is 1.63. The molecule has 0 saturated heterocycles. The lowest BCUT2D eigenvalue weighted by molar-refractivity contribution is 0.311. The maximum atomic E-state index is 4.20. The van der Waals surface area contributed by atoms with E-state index >= 15 is 0 Å². The smallest absolute Gasteiger partial charge is 0.0340 e. The number of hydrogen-bond donors (Lipinski definition) is 1. The van der Waals surface area contributed by atoms with Crippen LogP contribution in [0.4, 0.5) is 0 Å². The van der Waals surface area contributed by atoms with Crippen LogP contribution in [0.3, 0.4) is 0 Å². The fourth-order valence-corrected chi connectivity index (χ4v) is 1.82. The molecule has 0 aliphatic carbocycles. The van der Waals surface area contributed by atoms with Crippen LogP contribution >= 0.6 is 0 Å². The molecule has 1 aromatic rings. The summed E-state index contributed by atoms with van der Waals surface area (Å²) in [4.78, 5) is 4.20. The zero-order valence-corrected chi connectivity index (χ0v) is 11.0. The molecule has 0 spiro atoms. The largest absolute Gasteiger partial charge is 0.310 e. The topological polar surface area (TPSA) is 24.9 Å². The van der Waals surface area contributed by atoms with Gasteiger partial charge in [-0.1, -0.05) is 33.8 Å². The van der Waals surface area contributed by atoms with Crippen molar-refractivity contribution in [2.75, 3.05) is 6.54 Å². The fraction of sp³-hybridized carbons (Fsp3) is 0.643. The van der Waals surface area contributed by atoms with E-state index in [4.69, 9.17) is 0 Å². The molecule has 0 saturated carbocycles. The van der Waals surface area contributed by atoms with Gasteiger partial charge in [-0.15, -0.1) is 0 Å². The highest BCUT2D eigenvalue weighted by Gasteiger charge is 2.19. The van der Waals surface area contributed by atoms with E-state index in [1.165, 1.54) is 12.0 Å². The van der Waals surface area contributed by atoms with Crippen LogP contribution < -0.4 is 5.32 Å². The van der Waals surface area contributed by atoms with Crippen LogP contribution in [0.15, 0.2) is 24.5 Å². The molecule has 1 atom stereocenters. The standard InChI is InChI=1S/C14H24N2/c1-5-8-16-13(10-14(2,3)4)12-7-6-9-15-11-12/h6-7,9,11,13,16H,5,8,10H2,1-4H3. The van der Waals surface area contributed by atoms with Crippen molar-refractivity contribution in [1.82, 2.24) is 10.3 Å². The molecule has 1 N–H and O–H groups in total. The van der Waals surface area contributed by atoms with Gasteiger partial charge in [0.1, 0.15) is 0 Å². The molecule has 1 unspecified atom stereocenters. The lowest BCUT2D eigenvalue weighted by Gasteiger charge is -2.27. The zero-order valence-electron chi connectivity index (χ0n) is 11.0. The first-order valence-electron chi connectivity index (χ1n) is 6.16. The van der Waals surface area contributed by atoms with Crippen LogP contribution in [0.25, 0.3) is 0 Å². The maximum Gasteiger partial charge on any atom is 0.0340 e. The van der Waals surface area contributed by atoms with Gasteiger partial charge in [0.2, 0.25) is 0 Å². The highest BCUT2D eigenvalue weighted by Crippen LogP contribution is 2.28. The fourth-order valence-electron chi connectivity index (χ4n) is 1.82.